The number of amides is 3. The average Bonchev–Trinajstić information content (AvgIpc) is 3.11. The van der Waals surface area contributed by atoms with Crippen molar-refractivity contribution >= 4 is 29.4 Å². The predicted molar refractivity (Wildman–Crippen MR) is 125 cm³/mol. The van der Waals surface area contributed by atoms with E-state index in [9.17, 15) is 31.5 Å². The molecule has 1 saturated heterocycles. The van der Waals surface area contributed by atoms with E-state index in [4.69, 9.17) is 5.73 Å². The predicted octanol–water partition coefficient (Wildman–Crippen LogP) is 4.51. The van der Waals surface area contributed by atoms with Crippen LogP contribution in [-0.4, -0.2) is 34.0 Å². The lowest BCUT2D eigenvalue weighted by molar-refractivity contribution is -0.137. The number of urea groups is 1. The molecule has 2 heterocycles. The van der Waals surface area contributed by atoms with Gasteiger partial charge in [-0.05, 0) is 38.1 Å². The number of anilines is 3. The number of nitrogens with two attached hydrogens (primary N) is 1. The maximum Gasteiger partial charge on any atom is 0.416 e. The number of halogens is 5. The average molecular weight is 520 g/mol. The molecule has 4 rings (SSSR count). The van der Waals surface area contributed by atoms with Gasteiger partial charge in [-0.2, -0.15) is 18.2 Å². The highest BCUT2D eigenvalue weighted by Gasteiger charge is 2.37. The van der Waals surface area contributed by atoms with Crippen LogP contribution in [0.3, 0.4) is 0 Å². The molecule has 37 heavy (non-hydrogen) atoms. The van der Waals surface area contributed by atoms with Gasteiger partial charge in [0.05, 0.1) is 24.2 Å². The van der Waals surface area contributed by atoms with E-state index in [0.717, 1.165) is 29.3 Å². The summed E-state index contributed by atoms with van der Waals surface area (Å²) in [6.45, 7) is 3.16. The van der Waals surface area contributed by atoms with Crippen LogP contribution in [0.4, 0.5) is 44.2 Å². The molecule has 8 nitrogen and oxygen atoms in total. The molecule has 0 spiro atoms. The first-order valence-electron chi connectivity index (χ1n) is 10.9. The van der Waals surface area contributed by atoms with Crippen LogP contribution in [0.2, 0.25) is 0 Å². The van der Waals surface area contributed by atoms with Gasteiger partial charge in [0.2, 0.25) is 5.95 Å². The van der Waals surface area contributed by atoms with Gasteiger partial charge in [0.15, 0.2) is 11.6 Å². The molecule has 3 amide bonds. The Hall–Kier alpha value is -4.29. The minimum atomic E-state index is -4.72. The van der Waals surface area contributed by atoms with Crippen molar-refractivity contribution in [3.05, 3.63) is 77.0 Å². The summed E-state index contributed by atoms with van der Waals surface area (Å²) in [5.74, 6) is -3.84. The quantitative estimate of drug-likeness (QED) is 0.482. The van der Waals surface area contributed by atoms with Gasteiger partial charge in [-0.15, -0.1) is 0 Å². The molecule has 0 bridgehead atoms. The lowest BCUT2D eigenvalue weighted by Crippen LogP contribution is -2.36. The highest BCUT2D eigenvalue weighted by Crippen LogP contribution is 2.33. The van der Waals surface area contributed by atoms with E-state index in [0.29, 0.717) is 6.07 Å². The molecule has 2 aromatic carbocycles. The molecular formula is C24H21F5N6O2. The largest absolute Gasteiger partial charge is 0.416 e. The van der Waals surface area contributed by atoms with Crippen molar-refractivity contribution in [3.8, 4) is 0 Å². The number of rotatable bonds is 5. The zero-order valence-corrected chi connectivity index (χ0v) is 19.6. The van der Waals surface area contributed by atoms with E-state index in [1.54, 1.807) is 13.8 Å². The van der Waals surface area contributed by atoms with Crippen LogP contribution in [0.25, 0.3) is 0 Å². The SMILES string of the molecule is CC1(C)CN(c2ncc(C(=O)N(Cc3cccc(F)c3F)c3cccc(C(F)(F)F)c3)c(N)n2)C(=O)N1. The Bertz CT molecular complexity index is 1380. The van der Waals surface area contributed by atoms with Crippen LogP contribution in [-0.2, 0) is 12.7 Å². The normalized spacial score (nSPS) is 15.0. The fraction of sp³-hybridized carbons (Fsp3) is 0.250. The molecule has 0 atom stereocenters. The Labute approximate surface area is 207 Å². The second-order valence-corrected chi connectivity index (χ2v) is 9.02. The second kappa shape index (κ2) is 9.30. The molecular weight excluding hydrogens is 499 g/mol. The third-order valence-corrected chi connectivity index (χ3v) is 5.61. The van der Waals surface area contributed by atoms with Gasteiger partial charge >= 0.3 is 12.2 Å². The first-order chi connectivity index (χ1) is 17.3. The van der Waals surface area contributed by atoms with Gasteiger partial charge in [-0.1, -0.05) is 18.2 Å². The van der Waals surface area contributed by atoms with E-state index in [2.05, 4.69) is 15.3 Å². The topological polar surface area (TPSA) is 104 Å². The Kier molecular flexibility index (Phi) is 6.48. The first kappa shape index (κ1) is 25.8. The van der Waals surface area contributed by atoms with Gasteiger partial charge in [-0.25, -0.2) is 18.6 Å². The third-order valence-electron chi connectivity index (χ3n) is 5.61. The fourth-order valence-corrected chi connectivity index (χ4v) is 3.82. The van der Waals surface area contributed by atoms with Crippen molar-refractivity contribution in [1.82, 2.24) is 15.3 Å². The maximum absolute atomic E-state index is 14.4. The van der Waals surface area contributed by atoms with Crippen LogP contribution >= 0.6 is 0 Å². The highest BCUT2D eigenvalue weighted by molar-refractivity contribution is 6.08. The minimum absolute atomic E-state index is 0.0843. The van der Waals surface area contributed by atoms with Crippen LogP contribution in [0, 0.1) is 11.6 Å². The molecule has 3 aromatic rings. The standard InChI is InChI=1S/C24H21F5N6O2/c1-23(2)12-35(22(37)33-23)21-31-10-16(19(30)32-21)20(36)34(11-13-5-3-8-17(25)18(13)26)15-7-4-6-14(9-15)24(27,28)29/h3-10H,11-12H2,1-2H3,(H,33,37)(H2,30,31,32). The second-order valence-electron chi connectivity index (χ2n) is 9.02. The molecule has 1 aliphatic heterocycles. The molecule has 3 N–H and O–H groups in total. The number of carbonyl (C=O) groups excluding carboxylic acids is 2. The maximum atomic E-state index is 14.4. The summed E-state index contributed by atoms with van der Waals surface area (Å²) < 4.78 is 68.3. The molecule has 13 heteroatoms. The lowest BCUT2D eigenvalue weighted by Gasteiger charge is -2.25. The van der Waals surface area contributed by atoms with Crippen LogP contribution < -0.4 is 20.9 Å². The Morgan fingerprint density at radius 3 is 2.51 bits per heavy atom. The van der Waals surface area contributed by atoms with E-state index in [1.807, 2.05) is 0 Å². The molecule has 1 aliphatic rings. The number of alkyl halides is 3. The van der Waals surface area contributed by atoms with Crippen molar-refractivity contribution in [1.29, 1.82) is 0 Å². The van der Waals surface area contributed by atoms with E-state index >= 15 is 0 Å². The molecule has 0 aliphatic carbocycles. The van der Waals surface area contributed by atoms with Crippen molar-refractivity contribution < 1.29 is 31.5 Å². The van der Waals surface area contributed by atoms with Crippen LogP contribution in [0.5, 0.6) is 0 Å². The van der Waals surface area contributed by atoms with E-state index in [1.165, 1.54) is 23.1 Å². The zero-order valence-electron chi connectivity index (χ0n) is 19.6. The molecule has 0 saturated carbocycles. The zero-order chi connectivity index (χ0) is 27.1. The number of carbonyl (C=O) groups is 2. The molecule has 0 unspecified atom stereocenters. The monoisotopic (exact) mass is 520 g/mol. The fourth-order valence-electron chi connectivity index (χ4n) is 3.82. The molecule has 0 radical (unpaired) electrons. The van der Waals surface area contributed by atoms with Crippen molar-refractivity contribution in [2.24, 2.45) is 0 Å². The molecule has 194 valence electrons. The summed E-state index contributed by atoms with van der Waals surface area (Å²) in [6, 6.07) is 6.61. The lowest BCUT2D eigenvalue weighted by atomic mass is 10.1. The number of hydrogen-bond donors (Lipinski definition) is 2. The van der Waals surface area contributed by atoms with E-state index in [-0.39, 0.29) is 35.1 Å². The van der Waals surface area contributed by atoms with Crippen molar-refractivity contribution in [2.75, 3.05) is 22.1 Å². The Morgan fingerprint density at radius 2 is 1.89 bits per heavy atom. The first-order valence-corrected chi connectivity index (χ1v) is 10.9. The third kappa shape index (κ3) is 5.29. The van der Waals surface area contributed by atoms with Gasteiger partial charge in [0, 0.05) is 17.4 Å². The van der Waals surface area contributed by atoms with Gasteiger partial charge in [0.1, 0.15) is 11.4 Å². The molecule has 1 fully saturated rings. The minimum Gasteiger partial charge on any atom is -0.383 e. The van der Waals surface area contributed by atoms with Crippen LogP contribution in [0.1, 0.15) is 35.3 Å². The number of aromatic nitrogens is 2. The Morgan fingerprint density at radius 1 is 1.19 bits per heavy atom. The highest BCUT2D eigenvalue weighted by atomic mass is 19.4. The summed E-state index contributed by atoms with van der Waals surface area (Å²) in [5, 5.41) is 2.73. The number of benzene rings is 2. The summed E-state index contributed by atoms with van der Waals surface area (Å²) in [4.78, 5) is 35.9. The van der Waals surface area contributed by atoms with Crippen molar-refractivity contribution in [2.45, 2.75) is 32.1 Å². The van der Waals surface area contributed by atoms with Crippen LogP contribution in [0.15, 0.2) is 48.7 Å². The molecule has 1 aromatic heterocycles. The summed E-state index contributed by atoms with van der Waals surface area (Å²) in [6.07, 6.45) is -3.69. The van der Waals surface area contributed by atoms with E-state index < -0.39 is 47.4 Å². The number of nitrogens with one attached hydrogen (secondary N) is 1. The van der Waals surface area contributed by atoms with Gasteiger partial charge < -0.3 is 16.0 Å². The smallest absolute Gasteiger partial charge is 0.383 e. The van der Waals surface area contributed by atoms with Gasteiger partial charge in [-0.3, -0.25) is 9.69 Å². The van der Waals surface area contributed by atoms with Gasteiger partial charge in [0.25, 0.3) is 5.91 Å². The number of nitrogens with zero attached hydrogens (tertiary/aromatic N) is 4. The summed E-state index contributed by atoms with van der Waals surface area (Å²) >= 11 is 0. The number of nitrogen functional groups attached to an aromatic ring is 1. The number of hydrogen-bond acceptors (Lipinski definition) is 5. The van der Waals surface area contributed by atoms with Crippen molar-refractivity contribution in [3.63, 3.8) is 0 Å². The summed E-state index contributed by atoms with van der Waals surface area (Å²) in [7, 11) is 0. The summed E-state index contributed by atoms with van der Waals surface area (Å²) in [5.41, 5.74) is 3.54. The Balaban J connectivity index is 1.74.